The summed E-state index contributed by atoms with van der Waals surface area (Å²) in [6.45, 7) is 0.745. The van der Waals surface area contributed by atoms with E-state index in [0.717, 1.165) is 37.1 Å². The van der Waals surface area contributed by atoms with Gasteiger partial charge in [-0.15, -0.1) is 0 Å². The monoisotopic (exact) mass is 336 g/mol. The molecule has 0 spiro atoms. The molecule has 1 aromatic carbocycles. The molecule has 4 rings (SSSR count). The highest BCUT2D eigenvalue weighted by Gasteiger charge is 2.28. The van der Waals surface area contributed by atoms with E-state index in [2.05, 4.69) is 20.6 Å². The molecule has 1 saturated heterocycles. The van der Waals surface area contributed by atoms with Crippen molar-refractivity contribution in [1.82, 2.24) is 24.9 Å². The van der Waals surface area contributed by atoms with Gasteiger partial charge in [-0.05, 0) is 31.4 Å². The predicted molar refractivity (Wildman–Crippen MR) is 94.5 cm³/mol. The zero-order valence-electron chi connectivity index (χ0n) is 13.8. The third-order valence-corrected chi connectivity index (χ3v) is 4.52. The lowest BCUT2D eigenvalue weighted by molar-refractivity contribution is 0.163. The molecule has 0 saturated carbocycles. The fourth-order valence-electron chi connectivity index (χ4n) is 3.27. The maximum absolute atomic E-state index is 12.8. The van der Waals surface area contributed by atoms with Crippen molar-refractivity contribution in [1.29, 1.82) is 0 Å². The van der Waals surface area contributed by atoms with E-state index in [1.165, 1.54) is 0 Å². The minimum absolute atomic E-state index is 0.0664. The van der Waals surface area contributed by atoms with Gasteiger partial charge in [0.05, 0.1) is 36.0 Å². The second-order valence-electron chi connectivity index (χ2n) is 6.18. The maximum atomic E-state index is 12.8. The summed E-state index contributed by atoms with van der Waals surface area (Å²) in [5.74, 6) is 0. The zero-order chi connectivity index (χ0) is 17.1. The fourth-order valence-corrected chi connectivity index (χ4v) is 3.27. The summed E-state index contributed by atoms with van der Waals surface area (Å²) in [5, 5.41) is 14.1. The minimum Gasteiger partial charge on any atom is -0.317 e. The number of carbonyl (C=O) groups is 1. The number of likely N-dealkylation sites (tertiary alicyclic amines) is 1. The average molecular weight is 336 g/mol. The lowest BCUT2D eigenvalue weighted by Gasteiger charge is -2.35. The van der Waals surface area contributed by atoms with Crippen LogP contribution in [0.2, 0.25) is 0 Å². The number of H-pyrrole nitrogens is 1. The summed E-state index contributed by atoms with van der Waals surface area (Å²) in [6, 6.07) is 9.78. The van der Waals surface area contributed by atoms with Crippen LogP contribution in [0, 0.1) is 0 Å². The number of piperidine rings is 1. The van der Waals surface area contributed by atoms with Crippen LogP contribution in [0.5, 0.6) is 0 Å². The molecule has 0 radical (unpaired) electrons. The number of benzene rings is 1. The van der Waals surface area contributed by atoms with Gasteiger partial charge in [-0.3, -0.25) is 5.10 Å². The number of hydrogen-bond donors (Lipinski definition) is 2. The molecular weight excluding hydrogens is 316 g/mol. The number of urea groups is 1. The van der Waals surface area contributed by atoms with Gasteiger partial charge in [0.25, 0.3) is 0 Å². The molecule has 7 heteroatoms. The molecule has 7 nitrogen and oxygen atoms in total. The molecule has 1 fully saturated rings. The summed E-state index contributed by atoms with van der Waals surface area (Å²) >= 11 is 0. The lowest BCUT2D eigenvalue weighted by Crippen LogP contribution is -2.41. The fraction of sp³-hybridized carbons (Fsp3) is 0.278. The number of aromatic nitrogens is 4. The lowest BCUT2D eigenvalue weighted by atomic mass is 9.98. The Hall–Kier alpha value is -3.09. The summed E-state index contributed by atoms with van der Waals surface area (Å²) in [6.07, 6.45) is 10.2. The molecule has 1 unspecified atom stereocenters. The maximum Gasteiger partial charge on any atom is 0.322 e. The number of hydrogen-bond acceptors (Lipinski definition) is 3. The van der Waals surface area contributed by atoms with Crippen LogP contribution >= 0.6 is 0 Å². The molecule has 1 aliphatic heterocycles. The van der Waals surface area contributed by atoms with Gasteiger partial charge in [0.2, 0.25) is 0 Å². The van der Waals surface area contributed by atoms with Gasteiger partial charge in [-0.25, -0.2) is 9.48 Å². The number of anilines is 1. The Morgan fingerprint density at radius 2 is 2.08 bits per heavy atom. The molecule has 0 bridgehead atoms. The second-order valence-corrected chi connectivity index (χ2v) is 6.18. The number of nitrogens with one attached hydrogen (secondary N) is 2. The van der Waals surface area contributed by atoms with Gasteiger partial charge >= 0.3 is 6.03 Å². The highest BCUT2D eigenvalue weighted by molar-refractivity contribution is 5.89. The molecule has 2 N–H and O–H groups in total. The average Bonchev–Trinajstić information content (AvgIpc) is 3.34. The number of aromatic amines is 1. The van der Waals surface area contributed by atoms with E-state index in [1.54, 1.807) is 17.1 Å². The first-order valence-electron chi connectivity index (χ1n) is 8.47. The number of nitrogens with zero attached hydrogens (tertiary/aromatic N) is 4. The Morgan fingerprint density at radius 3 is 2.88 bits per heavy atom. The van der Waals surface area contributed by atoms with Crippen molar-refractivity contribution in [2.45, 2.75) is 25.3 Å². The molecule has 128 valence electrons. The minimum atomic E-state index is -0.0986. The van der Waals surface area contributed by atoms with Crippen LogP contribution in [0.3, 0.4) is 0 Å². The van der Waals surface area contributed by atoms with Crippen LogP contribution in [0.1, 0.15) is 30.9 Å². The Morgan fingerprint density at radius 1 is 1.20 bits per heavy atom. The van der Waals surface area contributed by atoms with E-state index in [1.807, 2.05) is 47.6 Å². The molecule has 2 aromatic heterocycles. The SMILES string of the molecule is O=C(Nc1cnn(-c2ccccc2)c1)N1CCCCC1c1cn[nH]c1. The highest BCUT2D eigenvalue weighted by Crippen LogP contribution is 2.30. The van der Waals surface area contributed by atoms with Crippen LogP contribution in [-0.4, -0.2) is 37.5 Å². The first-order valence-corrected chi connectivity index (χ1v) is 8.47. The number of carbonyl (C=O) groups excluding carboxylic acids is 1. The topological polar surface area (TPSA) is 78.8 Å². The van der Waals surface area contributed by atoms with Gasteiger partial charge in [-0.2, -0.15) is 10.2 Å². The largest absolute Gasteiger partial charge is 0.322 e. The van der Waals surface area contributed by atoms with Gasteiger partial charge in [-0.1, -0.05) is 18.2 Å². The molecular formula is C18H20N6O. The van der Waals surface area contributed by atoms with Crippen LogP contribution in [0.15, 0.2) is 55.1 Å². The number of amides is 2. The smallest absolute Gasteiger partial charge is 0.317 e. The molecule has 3 aromatic rings. The summed E-state index contributed by atoms with van der Waals surface area (Å²) in [7, 11) is 0. The Kier molecular flexibility index (Phi) is 4.20. The van der Waals surface area contributed by atoms with Crippen LogP contribution in [-0.2, 0) is 0 Å². The van der Waals surface area contributed by atoms with Crippen molar-refractivity contribution in [3.05, 3.63) is 60.7 Å². The Balaban J connectivity index is 1.48. The van der Waals surface area contributed by atoms with Gasteiger partial charge in [0.1, 0.15) is 0 Å². The third-order valence-electron chi connectivity index (χ3n) is 4.52. The van der Waals surface area contributed by atoms with E-state index in [-0.39, 0.29) is 12.1 Å². The number of rotatable bonds is 3. The second kappa shape index (κ2) is 6.80. The van der Waals surface area contributed by atoms with Crippen LogP contribution in [0.25, 0.3) is 5.69 Å². The normalized spacial score (nSPS) is 17.4. The Bertz CT molecular complexity index is 826. The van der Waals surface area contributed by atoms with Gasteiger partial charge in [0, 0.05) is 18.3 Å². The van der Waals surface area contributed by atoms with Gasteiger partial charge in [0.15, 0.2) is 0 Å². The predicted octanol–water partition coefficient (Wildman–Crippen LogP) is 3.35. The quantitative estimate of drug-likeness (QED) is 0.770. The first-order chi connectivity index (χ1) is 12.3. The van der Waals surface area contributed by atoms with E-state index in [4.69, 9.17) is 0 Å². The van der Waals surface area contributed by atoms with E-state index >= 15 is 0 Å². The Labute approximate surface area is 145 Å². The van der Waals surface area contributed by atoms with E-state index < -0.39 is 0 Å². The summed E-state index contributed by atoms with van der Waals surface area (Å²) in [4.78, 5) is 14.6. The van der Waals surface area contributed by atoms with Crippen molar-refractivity contribution in [2.75, 3.05) is 11.9 Å². The molecule has 1 aliphatic rings. The standard InChI is InChI=1S/C18H20N6O/c25-18(23-9-5-4-8-17(23)14-10-19-20-11-14)22-15-12-21-24(13-15)16-6-2-1-3-7-16/h1-3,6-7,10-13,17H,4-5,8-9H2,(H,19,20)(H,22,25). The van der Waals surface area contributed by atoms with Crippen molar-refractivity contribution in [3.63, 3.8) is 0 Å². The highest BCUT2D eigenvalue weighted by atomic mass is 16.2. The molecule has 1 atom stereocenters. The van der Waals surface area contributed by atoms with Gasteiger partial charge < -0.3 is 10.2 Å². The zero-order valence-corrected chi connectivity index (χ0v) is 13.8. The van der Waals surface area contributed by atoms with E-state index in [0.29, 0.717) is 5.69 Å². The van der Waals surface area contributed by atoms with Crippen molar-refractivity contribution >= 4 is 11.7 Å². The third kappa shape index (κ3) is 3.26. The summed E-state index contributed by atoms with van der Waals surface area (Å²) in [5.41, 5.74) is 2.69. The van der Waals surface area contributed by atoms with E-state index in [9.17, 15) is 4.79 Å². The van der Waals surface area contributed by atoms with Crippen molar-refractivity contribution in [3.8, 4) is 5.69 Å². The van der Waals surface area contributed by atoms with Crippen molar-refractivity contribution < 1.29 is 4.79 Å². The molecule has 25 heavy (non-hydrogen) atoms. The molecule has 0 aliphatic carbocycles. The summed E-state index contributed by atoms with van der Waals surface area (Å²) < 4.78 is 1.75. The first kappa shape index (κ1) is 15.4. The van der Waals surface area contributed by atoms with Crippen LogP contribution in [0.4, 0.5) is 10.5 Å². The number of para-hydroxylation sites is 1. The van der Waals surface area contributed by atoms with Crippen LogP contribution < -0.4 is 5.32 Å². The molecule has 3 heterocycles. The van der Waals surface area contributed by atoms with Crippen molar-refractivity contribution in [2.24, 2.45) is 0 Å². The molecule has 2 amide bonds.